The van der Waals surface area contributed by atoms with Crippen LogP contribution in [0.4, 0.5) is 0 Å². The zero-order valence-corrected chi connectivity index (χ0v) is 12.7. The third kappa shape index (κ3) is 4.79. The minimum Gasteiger partial charge on any atom is -0.311 e. The molecule has 6 heteroatoms. The first-order chi connectivity index (χ1) is 7.74. The summed E-state index contributed by atoms with van der Waals surface area (Å²) < 4.78 is 3.03. The predicted molar refractivity (Wildman–Crippen MR) is 77.9 cm³/mol. The molecule has 94 valence electrons. The number of rotatable bonds is 5. The van der Waals surface area contributed by atoms with E-state index in [1.54, 1.807) is 11.3 Å². The van der Waals surface area contributed by atoms with Crippen molar-refractivity contribution in [1.29, 1.82) is 0 Å². The average Bonchev–Trinajstić information content (AvgIpc) is 2.83. The monoisotopic (exact) mass is 335 g/mol. The smallest absolute Gasteiger partial charge is 0.0762 e. The van der Waals surface area contributed by atoms with Gasteiger partial charge in [0.05, 0.1) is 9.48 Å². The fourth-order valence-corrected chi connectivity index (χ4v) is 2.95. The van der Waals surface area contributed by atoms with Crippen LogP contribution in [0.5, 0.6) is 0 Å². The fourth-order valence-electron chi connectivity index (χ4n) is 1.47. The van der Waals surface area contributed by atoms with Crippen LogP contribution in [0.15, 0.2) is 28.2 Å². The van der Waals surface area contributed by atoms with Crippen molar-refractivity contribution < 1.29 is 0 Å². The minimum atomic E-state index is 0. The first-order valence-corrected chi connectivity index (χ1v) is 6.78. The third-order valence-corrected chi connectivity index (χ3v) is 3.94. The highest BCUT2D eigenvalue weighted by molar-refractivity contribution is 9.11. The Morgan fingerprint density at radius 3 is 2.82 bits per heavy atom. The standard InChI is InChI=1S/C11H14BrN3S.ClH/c1-15-7-5-9(14-15)8-13-6-4-10-2-3-11(12)16-10;/h2-3,5,7,13H,4,6,8H2,1H3;1H. The van der Waals surface area contributed by atoms with E-state index in [2.05, 4.69) is 38.5 Å². The van der Waals surface area contributed by atoms with E-state index in [1.165, 1.54) is 8.66 Å². The van der Waals surface area contributed by atoms with Gasteiger partial charge in [-0.3, -0.25) is 4.68 Å². The molecule has 0 radical (unpaired) electrons. The van der Waals surface area contributed by atoms with Gasteiger partial charge in [0.15, 0.2) is 0 Å². The number of aromatic nitrogens is 2. The van der Waals surface area contributed by atoms with E-state index in [-0.39, 0.29) is 12.4 Å². The molecule has 0 aliphatic rings. The molecule has 2 aromatic rings. The first-order valence-electron chi connectivity index (χ1n) is 5.17. The summed E-state index contributed by atoms with van der Waals surface area (Å²) in [5.74, 6) is 0. The Morgan fingerprint density at radius 1 is 1.41 bits per heavy atom. The molecule has 0 aliphatic heterocycles. The van der Waals surface area contributed by atoms with Gasteiger partial charge >= 0.3 is 0 Å². The van der Waals surface area contributed by atoms with Gasteiger partial charge in [-0.05, 0) is 40.5 Å². The summed E-state index contributed by atoms with van der Waals surface area (Å²) in [5, 5.41) is 7.70. The van der Waals surface area contributed by atoms with Crippen LogP contribution in [-0.2, 0) is 20.0 Å². The molecular formula is C11H15BrClN3S. The molecule has 0 aromatic carbocycles. The number of thiophene rings is 1. The highest BCUT2D eigenvalue weighted by atomic mass is 79.9. The zero-order valence-electron chi connectivity index (χ0n) is 9.52. The van der Waals surface area contributed by atoms with Gasteiger partial charge in [0, 0.05) is 31.2 Å². The summed E-state index contributed by atoms with van der Waals surface area (Å²) in [4.78, 5) is 1.40. The van der Waals surface area contributed by atoms with Crippen molar-refractivity contribution in [2.75, 3.05) is 6.54 Å². The highest BCUT2D eigenvalue weighted by Crippen LogP contribution is 2.21. The first kappa shape index (κ1) is 14.7. The van der Waals surface area contributed by atoms with Crippen LogP contribution >= 0.6 is 39.7 Å². The Bertz CT molecular complexity index is 413. The van der Waals surface area contributed by atoms with E-state index in [4.69, 9.17) is 0 Å². The van der Waals surface area contributed by atoms with Gasteiger partial charge in [0.25, 0.3) is 0 Å². The molecule has 0 saturated heterocycles. The summed E-state index contributed by atoms with van der Waals surface area (Å²) in [7, 11) is 1.94. The van der Waals surface area contributed by atoms with Crippen molar-refractivity contribution in [3.05, 3.63) is 38.8 Å². The van der Waals surface area contributed by atoms with Crippen LogP contribution in [0, 0.1) is 0 Å². The van der Waals surface area contributed by atoms with Crippen LogP contribution in [0.25, 0.3) is 0 Å². The van der Waals surface area contributed by atoms with E-state index >= 15 is 0 Å². The van der Waals surface area contributed by atoms with Gasteiger partial charge in [0.2, 0.25) is 0 Å². The molecular weight excluding hydrogens is 322 g/mol. The van der Waals surface area contributed by atoms with E-state index in [1.807, 2.05) is 24.0 Å². The molecule has 0 amide bonds. The Hall–Kier alpha value is -0.360. The SMILES string of the molecule is Cl.Cn1ccc(CNCCc2ccc(Br)s2)n1. The molecule has 0 fully saturated rings. The lowest BCUT2D eigenvalue weighted by Gasteiger charge is -2.00. The molecule has 2 aromatic heterocycles. The Balaban J connectivity index is 0.00000144. The Kier molecular flexibility index (Phi) is 6.19. The normalized spacial score (nSPS) is 10.2. The van der Waals surface area contributed by atoms with E-state index in [0.29, 0.717) is 0 Å². The number of hydrogen-bond acceptors (Lipinski definition) is 3. The van der Waals surface area contributed by atoms with Crippen molar-refractivity contribution in [2.24, 2.45) is 7.05 Å². The van der Waals surface area contributed by atoms with Crippen LogP contribution < -0.4 is 5.32 Å². The van der Waals surface area contributed by atoms with Crippen molar-refractivity contribution in [3.8, 4) is 0 Å². The summed E-state index contributed by atoms with van der Waals surface area (Å²) in [6, 6.07) is 6.30. The number of nitrogens with zero attached hydrogens (tertiary/aromatic N) is 2. The van der Waals surface area contributed by atoms with Gasteiger partial charge in [0.1, 0.15) is 0 Å². The maximum absolute atomic E-state index is 4.31. The van der Waals surface area contributed by atoms with Crippen LogP contribution in [0.3, 0.4) is 0 Å². The molecule has 17 heavy (non-hydrogen) atoms. The molecule has 0 aliphatic carbocycles. The molecule has 0 bridgehead atoms. The topological polar surface area (TPSA) is 29.9 Å². The predicted octanol–water partition coefficient (Wildman–Crippen LogP) is 3.00. The fraction of sp³-hybridized carbons (Fsp3) is 0.364. The molecule has 0 spiro atoms. The summed E-state index contributed by atoms with van der Waals surface area (Å²) in [5.41, 5.74) is 1.09. The van der Waals surface area contributed by atoms with Crippen LogP contribution in [0.2, 0.25) is 0 Å². The van der Waals surface area contributed by atoms with Crippen molar-refractivity contribution in [1.82, 2.24) is 15.1 Å². The van der Waals surface area contributed by atoms with Gasteiger partial charge in [-0.25, -0.2) is 0 Å². The summed E-state index contributed by atoms with van der Waals surface area (Å²) >= 11 is 5.26. The number of nitrogens with one attached hydrogen (secondary N) is 1. The number of halogens is 2. The Labute approximate surface area is 120 Å². The molecule has 1 N–H and O–H groups in total. The average molecular weight is 337 g/mol. The third-order valence-electron chi connectivity index (χ3n) is 2.25. The number of hydrogen-bond donors (Lipinski definition) is 1. The second-order valence-electron chi connectivity index (χ2n) is 3.61. The van der Waals surface area contributed by atoms with E-state index in [9.17, 15) is 0 Å². The molecule has 3 nitrogen and oxygen atoms in total. The van der Waals surface area contributed by atoms with Crippen LogP contribution in [0.1, 0.15) is 10.6 Å². The van der Waals surface area contributed by atoms with E-state index < -0.39 is 0 Å². The van der Waals surface area contributed by atoms with Gasteiger partial charge in [-0.2, -0.15) is 5.10 Å². The maximum Gasteiger partial charge on any atom is 0.0762 e. The molecule has 0 saturated carbocycles. The number of aryl methyl sites for hydroxylation is 1. The lowest BCUT2D eigenvalue weighted by atomic mass is 10.3. The zero-order chi connectivity index (χ0) is 11.4. The minimum absolute atomic E-state index is 0. The summed E-state index contributed by atoms with van der Waals surface area (Å²) in [6.07, 6.45) is 3.04. The molecule has 2 heterocycles. The Morgan fingerprint density at radius 2 is 2.24 bits per heavy atom. The highest BCUT2D eigenvalue weighted by Gasteiger charge is 1.98. The molecule has 2 rings (SSSR count). The van der Waals surface area contributed by atoms with Crippen molar-refractivity contribution >= 4 is 39.7 Å². The second-order valence-corrected chi connectivity index (χ2v) is 6.16. The van der Waals surface area contributed by atoms with Crippen LogP contribution in [-0.4, -0.2) is 16.3 Å². The molecule has 0 unspecified atom stereocenters. The molecule has 0 atom stereocenters. The van der Waals surface area contributed by atoms with Crippen molar-refractivity contribution in [2.45, 2.75) is 13.0 Å². The lowest BCUT2D eigenvalue weighted by molar-refractivity contribution is 0.656. The van der Waals surface area contributed by atoms with Gasteiger partial charge < -0.3 is 5.32 Å². The van der Waals surface area contributed by atoms with Crippen molar-refractivity contribution in [3.63, 3.8) is 0 Å². The lowest BCUT2D eigenvalue weighted by Crippen LogP contribution is -2.16. The maximum atomic E-state index is 4.31. The van der Waals surface area contributed by atoms with E-state index in [0.717, 1.165) is 25.2 Å². The largest absolute Gasteiger partial charge is 0.311 e. The van der Waals surface area contributed by atoms with Gasteiger partial charge in [-0.15, -0.1) is 23.7 Å². The quantitative estimate of drug-likeness (QED) is 0.851. The van der Waals surface area contributed by atoms with Gasteiger partial charge in [-0.1, -0.05) is 0 Å². The second kappa shape index (κ2) is 7.16. The summed E-state index contributed by atoms with van der Waals surface area (Å²) in [6.45, 7) is 1.83.